The second-order valence-corrected chi connectivity index (χ2v) is 5.49. The highest BCUT2D eigenvalue weighted by molar-refractivity contribution is 5.76. The molecule has 1 atom stereocenters. The molecule has 2 aliphatic rings. The number of carboxylic acid groups (broad SMARTS) is 1. The summed E-state index contributed by atoms with van der Waals surface area (Å²) < 4.78 is 0. The van der Waals surface area contributed by atoms with Crippen molar-refractivity contribution in [2.24, 2.45) is 5.92 Å². The molecular formula is C13H22N2O3. The predicted molar refractivity (Wildman–Crippen MR) is 67.3 cm³/mol. The maximum atomic E-state index is 11.8. The molecular weight excluding hydrogens is 232 g/mol. The van der Waals surface area contributed by atoms with Crippen molar-refractivity contribution in [3.63, 3.8) is 0 Å². The molecule has 5 nitrogen and oxygen atoms in total. The molecule has 0 saturated heterocycles. The molecule has 2 rings (SSSR count). The van der Waals surface area contributed by atoms with Crippen LogP contribution in [-0.4, -0.2) is 29.2 Å². The Bertz CT molecular complexity index is 309. The second-order valence-electron chi connectivity index (χ2n) is 5.49. The summed E-state index contributed by atoms with van der Waals surface area (Å²) in [7, 11) is 0. The molecule has 102 valence electrons. The van der Waals surface area contributed by atoms with E-state index in [0.29, 0.717) is 5.92 Å². The molecule has 18 heavy (non-hydrogen) atoms. The van der Waals surface area contributed by atoms with Gasteiger partial charge in [-0.25, -0.2) is 4.79 Å². The van der Waals surface area contributed by atoms with Crippen molar-refractivity contribution < 1.29 is 14.7 Å². The summed E-state index contributed by atoms with van der Waals surface area (Å²) >= 11 is 0. The third-order valence-electron chi connectivity index (χ3n) is 3.84. The topological polar surface area (TPSA) is 78.4 Å². The van der Waals surface area contributed by atoms with Gasteiger partial charge in [0.1, 0.15) is 0 Å². The maximum absolute atomic E-state index is 11.8. The van der Waals surface area contributed by atoms with Crippen LogP contribution in [0.1, 0.15) is 51.4 Å². The minimum Gasteiger partial charge on any atom is -0.481 e. The van der Waals surface area contributed by atoms with Gasteiger partial charge in [-0.15, -0.1) is 0 Å². The van der Waals surface area contributed by atoms with E-state index >= 15 is 0 Å². The van der Waals surface area contributed by atoms with Crippen LogP contribution >= 0.6 is 0 Å². The lowest BCUT2D eigenvalue weighted by Crippen LogP contribution is -2.48. The summed E-state index contributed by atoms with van der Waals surface area (Å²) in [4.78, 5) is 22.6. The first kappa shape index (κ1) is 13.2. The average molecular weight is 254 g/mol. The zero-order valence-corrected chi connectivity index (χ0v) is 10.7. The maximum Gasteiger partial charge on any atom is 0.315 e. The fraction of sp³-hybridized carbons (Fsp3) is 0.846. The lowest BCUT2D eigenvalue weighted by Gasteiger charge is -2.24. The van der Waals surface area contributed by atoms with Crippen LogP contribution in [0.25, 0.3) is 0 Å². The standard InChI is InChI=1S/C13H22N2O3/c16-12(17)8-11(9-6-7-9)15-13(18)14-10-4-2-1-3-5-10/h9-11H,1-8H2,(H,16,17)(H2,14,15,18). The van der Waals surface area contributed by atoms with E-state index in [1.54, 1.807) is 0 Å². The predicted octanol–water partition coefficient (Wildman–Crippen LogP) is 1.87. The van der Waals surface area contributed by atoms with Crippen molar-refractivity contribution in [3.05, 3.63) is 0 Å². The molecule has 2 saturated carbocycles. The van der Waals surface area contributed by atoms with Gasteiger partial charge in [0.2, 0.25) is 0 Å². The van der Waals surface area contributed by atoms with Crippen LogP contribution in [0.5, 0.6) is 0 Å². The summed E-state index contributed by atoms with van der Waals surface area (Å²) in [5, 5.41) is 14.6. The van der Waals surface area contributed by atoms with Gasteiger partial charge in [-0.05, 0) is 31.6 Å². The summed E-state index contributed by atoms with van der Waals surface area (Å²) in [6.45, 7) is 0. The molecule has 0 heterocycles. The van der Waals surface area contributed by atoms with Crippen molar-refractivity contribution in [2.75, 3.05) is 0 Å². The Kier molecular flexibility index (Phi) is 4.44. The first-order valence-electron chi connectivity index (χ1n) is 6.94. The summed E-state index contributed by atoms with van der Waals surface area (Å²) in [6.07, 6.45) is 7.77. The molecule has 0 spiro atoms. The molecule has 0 aromatic rings. The van der Waals surface area contributed by atoms with E-state index in [2.05, 4.69) is 10.6 Å². The van der Waals surface area contributed by atoms with Crippen molar-refractivity contribution in [1.29, 1.82) is 0 Å². The Hall–Kier alpha value is -1.26. The largest absolute Gasteiger partial charge is 0.481 e. The number of aliphatic carboxylic acids is 1. The minimum atomic E-state index is -0.843. The van der Waals surface area contributed by atoms with Crippen LogP contribution < -0.4 is 10.6 Å². The van der Waals surface area contributed by atoms with E-state index in [0.717, 1.165) is 25.7 Å². The Labute approximate surface area is 107 Å². The summed E-state index contributed by atoms with van der Waals surface area (Å²) in [5.41, 5.74) is 0. The average Bonchev–Trinajstić information content (AvgIpc) is 3.12. The highest BCUT2D eigenvalue weighted by atomic mass is 16.4. The third kappa shape index (κ3) is 4.20. The molecule has 3 N–H and O–H groups in total. The lowest BCUT2D eigenvalue weighted by molar-refractivity contribution is -0.137. The van der Waals surface area contributed by atoms with Crippen molar-refractivity contribution in [3.8, 4) is 0 Å². The van der Waals surface area contributed by atoms with Gasteiger partial charge in [0.15, 0.2) is 0 Å². The first-order chi connectivity index (χ1) is 8.65. The van der Waals surface area contributed by atoms with E-state index in [1.165, 1.54) is 19.3 Å². The van der Waals surface area contributed by atoms with Crippen molar-refractivity contribution in [2.45, 2.75) is 63.5 Å². The van der Waals surface area contributed by atoms with Gasteiger partial charge in [-0.3, -0.25) is 4.79 Å². The highest BCUT2D eigenvalue weighted by Crippen LogP contribution is 2.34. The van der Waals surface area contributed by atoms with E-state index in [4.69, 9.17) is 5.11 Å². The van der Waals surface area contributed by atoms with Crippen molar-refractivity contribution in [1.82, 2.24) is 10.6 Å². The number of rotatable bonds is 5. The number of nitrogens with one attached hydrogen (secondary N) is 2. The lowest BCUT2D eigenvalue weighted by atomic mass is 9.96. The molecule has 2 fully saturated rings. The number of hydrogen-bond donors (Lipinski definition) is 3. The number of amides is 2. The molecule has 0 aliphatic heterocycles. The number of hydrogen-bond acceptors (Lipinski definition) is 2. The van der Waals surface area contributed by atoms with Crippen LogP contribution in [0, 0.1) is 5.92 Å². The van der Waals surface area contributed by atoms with Gasteiger partial charge in [-0.1, -0.05) is 19.3 Å². The monoisotopic (exact) mass is 254 g/mol. The van der Waals surface area contributed by atoms with Gasteiger partial charge >= 0.3 is 12.0 Å². The molecule has 0 aromatic heterocycles. The van der Waals surface area contributed by atoms with Gasteiger partial charge in [0.25, 0.3) is 0 Å². The minimum absolute atomic E-state index is 0.0305. The number of carbonyl (C=O) groups excluding carboxylic acids is 1. The van der Waals surface area contributed by atoms with E-state index in [1.807, 2.05) is 0 Å². The van der Waals surface area contributed by atoms with Gasteiger partial charge in [0, 0.05) is 12.1 Å². The Morgan fingerprint density at radius 1 is 1.11 bits per heavy atom. The molecule has 0 radical (unpaired) electrons. The van der Waals surface area contributed by atoms with Gasteiger partial charge in [0.05, 0.1) is 6.42 Å². The fourth-order valence-electron chi connectivity index (χ4n) is 2.66. The Morgan fingerprint density at radius 3 is 2.33 bits per heavy atom. The van der Waals surface area contributed by atoms with Crippen LogP contribution in [0.2, 0.25) is 0 Å². The molecule has 0 bridgehead atoms. The second kappa shape index (κ2) is 6.07. The number of carbonyl (C=O) groups is 2. The van der Waals surface area contributed by atoms with Crippen LogP contribution in [0.3, 0.4) is 0 Å². The summed E-state index contributed by atoms with van der Waals surface area (Å²) in [6, 6.07) is -0.130. The number of carboxylic acids is 1. The quantitative estimate of drug-likeness (QED) is 0.701. The van der Waals surface area contributed by atoms with E-state index in [9.17, 15) is 9.59 Å². The van der Waals surface area contributed by atoms with Gasteiger partial charge in [-0.2, -0.15) is 0 Å². The SMILES string of the molecule is O=C(O)CC(NC(=O)NC1CCCCC1)C1CC1. The molecule has 2 amide bonds. The zero-order chi connectivity index (χ0) is 13.0. The normalized spacial score (nSPS) is 22.2. The fourth-order valence-corrected chi connectivity index (χ4v) is 2.66. The smallest absolute Gasteiger partial charge is 0.315 e. The first-order valence-corrected chi connectivity index (χ1v) is 6.94. The molecule has 1 unspecified atom stereocenters. The summed E-state index contributed by atoms with van der Waals surface area (Å²) in [5.74, 6) is -0.483. The Balaban J connectivity index is 1.75. The van der Waals surface area contributed by atoms with Crippen LogP contribution in [-0.2, 0) is 4.79 Å². The van der Waals surface area contributed by atoms with E-state index < -0.39 is 5.97 Å². The van der Waals surface area contributed by atoms with Crippen molar-refractivity contribution >= 4 is 12.0 Å². The molecule has 2 aliphatic carbocycles. The van der Waals surface area contributed by atoms with Crippen LogP contribution in [0.15, 0.2) is 0 Å². The molecule has 0 aromatic carbocycles. The third-order valence-corrected chi connectivity index (χ3v) is 3.84. The Morgan fingerprint density at radius 2 is 1.78 bits per heavy atom. The van der Waals surface area contributed by atoms with Crippen LogP contribution in [0.4, 0.5) is 4.79 Å². The highest BCUT2D eigenvalue weighted by Gasteiger charge is 2.34. The number of urea groups is 1. The van der Waals surface area contributed by atoms with Gasteiger partial charge < -0.3 is 15.7 Å². The molecule has 5 heteroatoms. The van der Waals surface area contributed by atoms with E-state index in [-0.39, 0.29) is 24.5 Å². The zero-order valence-electron chi connectivity index (χ0n) is 10.7.